The summed E-state index contributed by atoms with van der Waals surface area (Å²) in [6.45, 7) is -3.49. The SMILES string of the molecule is C#C[C@]1(F)[C@H](n2ccc(=O)[nH]c2=O)O[C@H](COP(=O)(O)OP(=O)(O)OP(=O)(O)O)[C@]1(O)CF. The van der Waals surface area contributed by atoms with Crippen molar-refractivity contribution in [3.63, 3.8) is 0 Å². The number of halogens is 2. The minimum Gasteiger partial charge on any atom is -0.380 e. The molecule has 1 saturated heterocycles. The van der Waals surface area contributed by atoms with E-state index in [1.54, 1.807) is 4.98 Å². The lowest BCUT2D eigenvalue weighted by Gasteiger charge is -2.33. The number of hydrogen-bond acceptors (Lipinski definition) is 10. The van der Waals surface area contributed by atoms with Crippen molar-refractivity contribution < 1.29 is 65.0 Å². The standard InChI is InChI=1S/C12H15F2N2O14P3/c1-2-11(14)9(16-4-3-8(17)15-10(16)18)28-7(12(11,19)6-13)5-27-32(23,24)30-33(25,26)29-31(20,21)22/h1,3-4,7,9,19H,5-6H2,(H,23,24)(H,25,26)(H,15,17,18)(H2,20,21,22)/t7-,9-,11+,12-/m1/s1. The van der Waals surface area contributed by atoms with Crippen molar-refractivity contribution in [3.8, 4) is 12.3 Å². The second-order valence-corrected chi connectivity index (χ2v) is 10.7. The summed E-state index contributed by atoms with van der Waals surface area (Å²) < 4.78 is 79.6. The van der Waals surface area contributed by atoms with Gasteiger partial charge in [-0.05, 0) is 0 Å². The number of phosphoric ester groups is 1. The van der Waals surface area contributed by atoms with E-state index in [4.69, 9.17) is 25.8 Å². The zero-order valence-electron chi connectivity index (χ0n) is 15.8. The highest BCUT2D eigenvalue weighted by Gasteiger charge is 2.68. The highest BCUT2D eigenvalue weighted by molar-refractivity contribution is 7.66. The van der Waals surface area contributed by atoms with Crippen LogP contribution in [0.15, 0.2) is 21.9 Å². The molecular weight excluding hydrogens is 527 g/mol. The monoisotopic (exact) mass is 542 g/mol. The number of nitrogens with one attached hydrogen (secondary N) is 1. The quantitative estimate of drug-likeness (QED) is 0.159. The molecule has 0 amide bonds. The van der Waals surface area contributed by atoms with Crippen molar-refractivity contribution in [1.29, 1.82) is 0 Å². The van der Waals surface area contributed by atoms with Crippen LogP contribution < -0.4 is 11.2 Å². The van der Waals surface area contributed by atoms with Crippen LogP contribution in [-0.2, 0) is 31.6 Å². The number of aromatic amines is 1. The number of H-pyrrole nitrogens is 1. The number of aromatic nitrogens is 2. The van der Waals surface area contributed by atoms with Gasteiger partial charge in [-0.3, -0.25) is 18.9 Å². The maximum absolute atomic E-state index is 15.5. The van der Waals surface area contributed by atoms with Crippen LogP contribution in [0.4, 0.5) is 8.78 Å². The summed E-state index contributed by atoms with van der Waals surface area (Å²) in [5, 5.41) is 10.5. The topological polar surface area (TPSA) is 244 Å². The van der Waals surface area contributed by atoms with Crippen molar-refractivity contribution >= 4 is 23.5 Å². The second-order valence-electron chi connectivity index (χ2n) is 6.30. The molecule has 2 rings (SSSR count). The number of ether oxygens (including phenoxy) is 1. The first-order valence-corrected chi connectivity index (χ1v) is 12.6. The van der Waals surface area contributed by atoms with Crippen LogP contribution >= 0.6 is 23.5 Å². The molecule has 1 aromatic rings. The Hall–Kier alpha value is -1.57. The third kappa shape index (κ3) is 5.92. The summed E-state index contributed by atoms with van der Waals surface area (Å²) in [6, 6.07) is 0.732. The Bertz CT molecular complexity index is 1210. The minimum absolute atomic E-state index is 0.340. The van der Waals surface area contributed by atoms with Gasteiger partial charge in [0.2, 0.25) is 5.67 Å². The van der Waals surface area contributed by atoms with E-state index in [0.29, 0.717) is 10.8 Å². The summed E-state index contributed by atoms with van der Waals surface area (Å²) in [6.07, 6.45) is 1.18. The number of alkyl halides is 2. The van der Waals surface area contributed by atoms with Crippen molar-refractivity contribution in [1.82, 2.24) is 9.55 Å². The molecule has 1 fully saturated rings. The maximum atomic E-state index is 15.5. The highest BCUT2D eigenvalue weighted by atomic mass is 31.3. The van der Waals surface area contributed by atoms with Crippen molar-refractivity contribution in [2.75, 3.05) is 13.3 Å². The smallest absolute Gasteiger partial charge is 0.380 e. The fraction of sp³-hybridized carbons (Fsp3) is 0.500. The number of rotatable bonds is 9. The molecule has 6 atom stereocenters. The molecule has 6 N–H and O–H groups in total. The first-order valence-electron chi connectivity index (χ1n) is 8.10. The van der Waals surface area contributed by atoms with E-state index in [9.17, 15) is 37.7 Å². The first-order chi connectivity index (χ1) is 14.9. The predicted octanol–water partition coefficient (Wildman–Crippen LogP) is -1.18. The number of nitrogens with zero attached hydrogens (tertiary/aromatic N) is 1. The fourth-order valence-corrected chi connectivity index (χ4v) is 5.72. The number of terminal acetylenes is 1. The molecule has 16 nitrogen and oxygen atoms in total. The Balaban J connectivity index is 2.33. The summed E-state index contributed by atoms with van der Waals surface area (Å²) in [7, 11) is -17.3. The van der Waals surface area contributed by atoms with Gasteiger partial charge in [-0.25, -0.2) is 27.3 Å². The molecule has 0 bridgehead atoms. The van der Waals surface area contributed by atoms with Crippen molar-refractivity contribution in [3.05, 3.63) is 33.1 Å². The molecule has 21 heteroatoms. The van der Waals surface area contributed by atoms with Crippen LogP contribution in [0.1, 0.15) is 6.23 Å². The molecule has 0 spiro atoms. The van der Waals surface area contributed by atoms with Crippen LogP contribution in [-0.4, -0.2) is 64.9 Å². The highest BCUT2D eigenvalue weighted by Crippen LogP contribution is 2.66. The predicted molar refractivity (Wildman–Crippen MR) is 98.6 cm³/mol. The van der Waals surface area contributed by atoms with Crippen LogP contribution in [0, 0.1) is 12.3 Å². The Morgan fingerprint density at radius 3 is 2.30 bits per heavy atom. The molecule has 1 aliphatic heterocycles. The van der Waals surface area contributed by atoms with E-state index in [-0.39, 0.29) is 0 Å². The van der Waals surface area contributed by atoms with Gasteiger partial charge in [0.15, 0.2) is 11.8 Å². The summed E-state index contributed by atoms with van der Waals surface area (Å²) in [5.74, 6) is 1.42. The Kier molecular flexibility index (Phi) is 7.74. The van der Waals surface area contributed by atoms with E-state index in [1.165, 1.54) is 5.92 Å². The van der Waals surface area contributed by atoms with Gasteiger partial charge in [0.05, 0.1) is 6.61 Å². The largest absolute Gasteiger partial charge is 0.490 e. The fourth-order valence-electron chi connectivity index (χ4n) is 2.70. The Morgan fingerprint density at radius 1 is 1.21 bits per heavy atom. The Morgan fingerprint density at radius 2 is 1.82 bits per heavy atom. The van der Waals surface area contributed by atoms with Gasteiger partial charge >= 0.3 is 29.2 Å². The second kappa shape index (κ2) is 9.23. The average Bonchev–Trinajstić information content (AvgIpc) is 2.86. The number of phosphoric acid groups is 3. The van der Waals surface area contributed by atoms with Gasteiger partial charge in [-0.2, -0.15) is 8.62 Å². The molecule has 33 heavy (non-hydrogen) atoms. The van der Waals surface area contributed by atoms with Crippen molar-refractivity contribution in [2.24, 2.45) is 0 Å². The molecule has 0 radical (unpaired) electrons. The van der Waals surface area contributed by atoms with Gasteiger partial charge < -0.3 is 29.4 Å². The lowest BCUT2D eigenvalue weighted by Crippen LogP contribution is -2.57. The molecule has 2 heterocycles. The molecule has 1 aromatic heterocycles. The summed E-state index contributed by atoms with van der Waals surface area (Å²) in [4.78, 5) is 60.4. The third-order valence-corrected chi connectivity index (χ3v) is 7.92. The zero-order chi connectivity index (χ0) is 25.5. The van der Waals surface area contributed by atoms with Crippen LogP contribution in [0.3, 0.4) is 0 Å². The summed E-state index contributed by atoms with van der Waals surface area (Å²) in [5.41, 5.74) is -9.08. The Labute approximate surface area is 181 Å². The maximum Gasteiger partial charge on any atom is 0.490 e. The van der Waals surface area contributed by atoms with Gasteiger partial charge in [0.25, 0.3) is 5.56 Å². The van der Waals surface area contributed by atoms with Crippen LogP contribution in [0.2, 0.25) is 0 Å². The molecule has 2 unspecified atom stereocenters. The minimum atomic E-state index is -5.90. The van der Waals surface area contributed by atoms with Crippen molar-refractivity contribution in [2.45, 2.75) is 23.6 Å². The zero-order valence-corrected chi connectivity index (χ0v) is 18.4. The average molecular weight is 542 g/mol. The van der Waals surface area contributed by atoms with Crippen LogP contribution in [0.25, 0.3) is 0 Å². The van der Waals surface area contributed by atoms with E-state index < -0.39 is 71.6 Å². The van der Waals surface area contributed by atoms with E-state index in [2.05, 4.69) is 13.1 Å². The van der Waals surface area contributed by atoms with Gasteiger partial charge in [-0.15, -0.1) is 6.42 Å². The van der Waals surface area contributed by atoms with E-state index in [0.717, 1.165) is 6.07 Å². The molecule has 186 valence electrons. The summed E-state index contributed by atoms with van der Waals surface area (Å²) >= 11 is 0. The molecule has 0 aromatic carbocycles. The lowest BCUT2D eigenvalue weighted by molar-refractivity contribution is -0.103. The lowest BCUT2D eigenvalue weighted by atomic mass is 9.83. The van der Waals surface area contributed by atoms with E-state index in [1.807, 2.05) is 0 Å². The first kappa shape index (κ1) is 27.7. The third-order valence-electron chi connectivity index (χ3n) is 4.12. The molecule has 1 aliphatic rings. The number of aliphatic hydroxyl groups is 1. The van der Waals surface area contributed by atoms with E-state index >= 15 is 4.39 Å². The van der Waals surface area contributed by atoms with Crippen LogP contribution in [0.5, 0.6) is 0 Å². The molecule has 0 aliphatic carbocycles. The number of hydrogen-bond donors (Lipinski definition) is 6. The molecular formula is C12H15F2N2O14P3. The molecule has 0 saturated carbocycles. The van der Waals surface area contributed by atoms with Gasteiger partial charge in [-0.1, -0.05) is 5.92 Å². The van der Waals surface area contributed by atoms with Gasteiger partial charge in [0, 0.05) is 12.3 Å². The van der Waals surface area contributed by atoms with Gasteiger partial charge in [0.1, 0.15) is 12.8 Å². The normalized spacial score (nSPS) is 31.5.